The number of carbonyl (C=O) groups excluding carboxylic acids is 2. The number of ketones is 1. The topological polar surface area (TPSA) is 65.0 Å². The average molecular weight is 265 g/mol. The van der Waals surface area contributed by atoms with Crippen molar-refractivity contribution in [1.29, 1.82) is 0 Å². The summed E-state index contributed by atoms with van der Waals surface area (Å²) in [6, 6.07) is 0. The van der Waals surface area contributed by atoms with E-state index < -0.39 is 5.97 Å². The molecule has 0 aromatic rings. The molecule has 5 heteroatoms. The fraction of sp³-hybridized carbons (Fsp3) is 0.643. The molecule has 2 bridgehead atoms. The van der Waals surface area contributed by atoms with Crippen molar-refractivity contribution < 1.29 is 19.2 Å². The van der Waals surface area contributed by atoms with Gasteiger partial charge < -0.3 is 9.57 Å². The summed E-state index contributed by atoms with van der Waals surface area (Å²) in [6.45, 7) is 6.05. The van der Waals surface area contributed by atoms with Gasteiger partial charge in [0.25, 0.3) is 0 Å². The molecule has 0 aromatic heterocycles. The normalized spacial score (nSPS) is 27.7. The third-order valence-corrected chi connectivity index (χ3v) is 4.09. The van der Waals surface area contributed by atoms with Gasteiger partial charge in [0.05, 0.1) is 12.8 Å². The molecule has 5 nitrogen and oxygen atoms in total. The Morgan fingerprint density at radius 1 is 1.53 bits per heavy atom. The van der Waals surface area contributed by atoms with Crippen molar-refractivity contribution in [2.75, 3.05) is 13.2 Å². The minimum absolute atomic E-state index is 0.00826. The van der Waals surface area contributed by atoms with E-state index in [1.165, 1.54) is 0 Å². The molecule has 104 valence electrons. The molecule has 0 aliphatic heterocycles. The molecule has 0 radical (unpaired) electrons. The van der Waals surface area contributed by atoms with Gasteiger partial charge in [-0.15, -0.1) is 0 Å². The molecule has 0 aromatic carbocycles. The van der Waals surface area contributed by atoms with Crippen molar-refractivity contribution in [2.45, 2.75) is 27.2 Å². The fourth-order valence-corrected chi connectivity index (χ4v) is 2.86. The molecule has 0 heterocycles. The lowest BCUT2D eigenvalue weighted by Gasteiger charge is -2.54. The highest BCUT2D eigenvalue weighted by Crippen LogP contribution is 2.57. The molecular formula is C14H19NO4. The summed E-state index contributed by atoms with van der Waals surface area (Å²) in [5.74, 6) is 0.219. The summed E-state index contributed by atoms with van der Waals surface area (Å²) < 4.78 is 4.71. The van der Waals surface area contributed by atoms with Crippen LogP contribution in [-0.2, 0) is 19.2 Å². The largest absolute Gasteiger partial charge is 0.463 e. The van der Waals surface area contributed by atoms with Crippen molar-refractivity contribution >= 4 is 18.0 Å². The molecule has 3 aliphatic rings. The number of carbonyl (C=O) groups is 2. The van der Waals surface area contributed by atoms with Crippen LogP contribution in [0.25, 0.3) is 0 Å². The molecule has 2 atom stereocenters. The van der Waals surface area contributed by atoms with Crippen molar-refractivity contribution in [1.82, 2.24) is 0 Å². The zero-order valence-electron chi connectivity index (χ0n) is 11.5. The monoisotopic (exact) mass is 265 g/mol. The second-order valence-corrected chi connectivity index (χ2v) is 5.52. The number of rotatable bonds is 5. The quantitative estimate of drug-likeness (QED) is 0.431. The van der Waals surface area contributed by atoms with E-state index in [1.807, 2.05) is 0 Å². The molecule has 2 unspecified atom stereocenters. The van der Waals surface area contributed by atoms with Crippen molar-refractivity contribution in [3.63, 3.8) is 0 Å². The van der Waals surface area contributed by atoms with Crippen molar-refractivity contribution in [3.05, 3.63) is 11.6 Å². The Bertz CT molecular complexity index is 450. The van der Waals surface area contributed by atoms with Crippen LogP contribution in [0.3, 0.4) is 0 Å². The summed E-state index contributed by atoms with van der Waals surface area (Å²) in [5, 5.41) is 3.75. The number of oxime groups is 1. The SMILES string of the molecule is CCOC(=O)CO/N=C/C1=CC(=O)C2CC1C2(C)C. The van der Waals surface area contributed by atoms with E-state index in [2.05, 4.69) is 19.0 Å². The molecule has 1 saturated carbocycles. The van der Waals surface area contributed by atoms with Gasteiger partial charge >= 0.3 is 5.97 Å². The zero-order chi connectivity index (χ0) is 14.0. The second kappa shape index (κ2) is 5.15. The molecule has 3 aliphatic carbocycles. The number of nitrogens with zero attached hydrogens (tertiary/aromatic N) is 1. The van der Waals surface area contributed by atoms with E-state index in [0.29, 0.717) is 12.5 Å². The number of hydrogen-bond donors (Lipinski definition) is 0. The Balaban J connectivity index is 1.89. The Morgan fingerprint density at radius 3 is 2.84 bits per heavy atom. The van der Waals surface area contributed by atoms with Crippen LogP contribution in [-0.4, -0.2) is 31.2 Å². The first-order valence-corrected chi connectivity index (χ1v) is 6.53. The number of esters is 1. The average Bonchev–Trinajstić information content (AvgIpc) is 2.33. The molecular weight excluding hydrogens is 246 g/mol. The molecule has 19 heavy (non-hydrogen) atoms. The summed E-state index contributed by atoms with van der Waals surface area (Å²) in [5.41, 5.74) is 0.898. The smallest absolute Gasteiger partial charge is 0.347 e. The Labute approximate surface area is 112 Å². The predicted octanol–water partition coefficient (Wildman–Crippen LogP) is 1.72. The summed E-state index contributed by atoms with van der Waals surface area (Å²) in [7, 11) is 0. The van der Waals surface area contributed by atoms with Gasteiger partial charge in [0.2, 0.25) is 6.61 Å². The maximum absolute atomic E-state index is 11.8. The Hall–Kier alpha value is -1.65. The van der Waals surface area contributed by atoms with Gasteiger partial charge in [-0.2, -0.15) is 0 Å². The number of allylic oxidation sites excluding steroid dienone is 2. The highest BCUT2D eigenvalue weighted by molar-refractivity contribution is 6.01. The zero-order valence-corrected chi connectivity index (χ0v) is 11.5. The van der Waals surface area contributed by atoms with Crippen LogP contribution in [0.15, 0.2) is 16.8 Å². The maximum atomic E-state index is 11.8. The van der Waals surface area contributed by atoms with E-state index >= 15 is 0 Å². The van der Waals surface area contributed by atoms with E-state index in [9.17, 15) is 9.59 Å². The number of ether oxygens (including phenoxy) is 1. The van der Waals surface area contributed by atoms with Crippen LogP contribution < -0.4 is 0 Å². The minimum atomic E-state index is -0.447. The molecule has 0 N–H and O–H groups in total. The van der Waals surface area contributed by atoms with Gasteiger partial charge in [-0.3, -0.25) is 4.79 Å². The first kappa shape index (κ1) is 13.8. The molecule has 0 saturated heterocycles. The molecule has 0 amide bonds. The Kier molecular flexibility index (Phi) is 3.73. The highest BCUT2D eigenvalue weighted by Gasteiger charge is 2.54. The van der Waals surface area contributed by atoms with E-state index in [4.69, 9.17) is 9.57 Å². The van der Waals surface area contributed by atoms with E-state index in [-0.39, 0.29) is 23.7 Å². The van der Waals surface area contributed by atoms with Crippen LogP contribution in [0.5, 0.6) is 0 Å². The third-order valence-electron chi connectivity index (χ3n) is 4.09. The van der Waals surface area contributed by atoms with E-state index in [0.717, 1.165) is 12.0 Å². The van der Waals surface area contributed by atoms with Crippen molar-refractivity contribution in [3.8, 4) is 0 Å². The van der Waals surface area contributed by atoms with Gasteiger partial charge in [0.1, 0.15) is 0 Å². The maximum Gasteiger partial charge on any atom is 0.347 e. The molecule has 3 rings (SSSR count). The van der Waals surface area contributed by atoms with Crippen LogP contribution in [0, 0.1) is 17.3 Å². The minimum Gasteiger partial charge on any atom is -0.463 e. The second-order valence-electron chi connectivity index (χ2n) is 5.52. The fourth-order valence-electron chi connectivity index (χ4n) is 2.86. The first-order chi connectivity index (χ1) is 8.96. The lowest BCUT2D eigenvalue weighted by Crippen LogP contribution is -2.52. The van der Waals surface area contributed by atoms with Crippen LogP contribution >= 0.6 is 0 Å². The van der Waals surface area contributed by atoms with Gasteiger partial charge in [0.15, 0.2) is 5.78 Å². The van der Waals surface area contributed by atoms with Gasteiger partial charge in [-0.25, -0.2) is 4.79 Å². The van der Waals surface area contributed by atoms with Crippen LogP contribution in [0.4, 0.5) is 0 Å². The van der Waals surface area contributed by atoms with Gasteiger partial charge in [0, 0.05) is 5.92 Å². The standard InChI is InChI=1S/C14H19NO4/c1-4-18-13(17)8-19-15-7-9-5-12(16)11-6-10(9)14(11,2)3/h5,7,10-11H,4,6,8H2,1-3H3/b15-7+. The summed E-state index contributed by atoms with van der Waals surface area (Å²) >= 11 is 0. The van der Waals surface area contributed by atoms with Gasteiger partial charge in [-0.05, 0) is 36.3 Å². The van der Waals surface area contributed by atoms with E-state index in [1.54, 1.807) is 19.2 Å². The van der Waals surface area contributed by atoms with Crippen molar-refractivity contribution in [2.24, 2.45) is 22.4 Å². The number of hydrogen-bond acceptors (Lipinski definition) is 5. The molecule has 1 fully saturated rings. The number of fused-ring (bicyclic) bond motifs is 1. The molecule has 0 spiro atoms. The van der Waals surface area contributed by atoms with Crippen LogP contribution in [0.1, 0.15) is 27.2 Å². The summed E-state index contributed by atoms with van der Waals surface area (Å²) in [4.78, 5) is 27.7. The Morgan fingerprint density at radius 2 is 2.26 bits per heavy atom. The first-order valence-electron chi connectivity index (χ1n) is 6.53. The lowest BCUT2D eigenvalue weighted by atomic mass is 9.48. The van der Waals surface area contributed by atoms with Crippen LogP contribution in [0.2, 0.25) is 0 Å². The third kappa shape index (κ3) is 2.55. The predicted molar refractivity (Wildman–Crippen MR) is 69.5 cm³/mol. The van der Waals surface area contributed by atoms with Gasteiger partial charge in [-0.1, -0.05) is 19.0 Å². The summed E-state index contributed by atoms with van der Waals surface area (Å²) in [6.07, 6.45) is 4.07. The lowest BCUT2D eigenvalue weighted by molar-refractivity contribution is -0.148. The highest BCUT2D eigenvalue weighted by atomic mass is 16.6.